The van der Waals surface area contributed by atoms with E-state index in [9.17, 15) is 0 Å². The first-order valence-corrected chi connectivity index (χ1v) is 7.23. The molecule has 0 unspecified atom stereocenters. The maximum atomic E-state index is 4.35. The number of aliphatic imine (C=N–C) groups is 1. The summed E-state index contributed by atoms with van der Waals surface area (Å²) in [4.78, 5) is 12.6. The summed E-state index contributed by atoms with van der Waals surface area (Å²) >= 11 is 0. The number of hydrogen-bond acceptors (Lipinski definition) is 3. The lowest BCUT2D eigenvalue weighted by molar-refractivity contribution is 0.737. The van der Waals surface area contributed by atoms with Crippen LogP contribution in [-0.4, -0.2) is 34.1 Å². The van der Waals surface area contributed by atoms with Crippen LogP contribution in [0, 0.1) is 5.92 Å². The van der Waals surface area contributed by atoms with Crippen LogP contribution >= 0.6 is 24.0 Å². The molecule has 0 aliphatic heterocycles. The van der Waals surface area contributed by atoms with Crippen LogP contribution in [0.25, 0.3) is 5.82 Å². The van der Waals surface area contributed by atoms with Crippen LogP contribution < -0.4 is 10.6 Å². The Kier molecular flexibility index (Phi) is 6.17. The van der Waals surface area contributed by atoms with Crippen molar-refractivity contribution < 1.29 is 0 Å². The molecule has 0 aromatic carbocycles. The number of rotatable bonds is 5. The van der Waals surface area contributed by atoms with Gasteiger partial charge in [-0.05, 0) is 36.5 Å². The first-order chi connectivity index (χ1) is 10.3. The van der Waals surface area contributed by atoms with E-state index in [1.54, 1.807) is 19.6 Å². The molecule has 0 saturated heterocycles. The number of nitrogens with one attached hydrogen (secondary N) is 2. The molecule has 0 spiro atoms. The van der Waals surface area contributed by atoms with Gasteiger partial charge in [-0.3, -0.25) is 9.56 Å². The maximum Gasteiger partial charge on any atom is 0.191 e. The van der Waals surface area contributed by atoms with Crippen molar-refractivity contribution in [2.24, 2.45) is 10.9 Å². The number of halogens is 1. The molecule has 22 heavy (non-hydrogen) atoms. The highest BCUT2D eigenvalue weighted by Gasteiger charge is 2.20. The van der Waals surface area contributed by atoms with Crippen LogP contribution in [0.3, 0.4) is 0 Å². The van der Waals surface area contributed by atoms with E-state index in [0.29, 0.717) is 6.54 Å². The number of guanidine groups is 1. The van der Waals surface area contributed by atoms with Gasteiger partial charge in [-0.1, -0.05) is 0 Å². The number of pyridine rings is 1. The van der Waals surface area contributed by atoms with Gasteiger partial charge in [0, 0.05) is 38.7 Å². The first kappa shape index (κ1) is 16.7. The van der Waals surface area contributed by atoms with Gasteiger partial charge in [-0.25, -0.2) is 9.97 Å². The lowest BCUT2D eigenvalue weighted by atomic mass is 10.2. The average Bonchev–Trinajstić information content (AvgIpc) is 3.19. The van der Waals surface area contributed by atoms with E-state index >= 15 is 0 Å². The van der Waals surface area contributed by atoms with Crippen molar-refractivity contribution in [1.82, 2.24) is 25.2 Å². The molecule has 0 amide bonds. The van der Waals surface area contributed by atoms with Crippen LogP contribution in [0.1, 0.15) is 18.4 Å². The zero-order valence-corrected chi connectivity index (χ0v) is 14.9. The Morgan fingerprint density at radius 3 is 2.91 bits per heavy atom. The number of nitrogens with zero attached hydrogens (tertiary/aromatic N) is 4. The third kappa shape index (κ3) is 4.69. The lowest BCUT2D eigenvalue weighted by Crippen LogP contribution is -2.37. The Balaban J connectivity index is 0.00000176. The minimum atomic E-state index is 0. The molecular formula is C15H21IN6. The summed E-state index contributed by atoms with van der Waals surface area (Å²) in [7, 11) is 1.80. The Bertz CT molecular complexity index is 606. The summed E-state index contributed by atoms with van der Waals surface area (Å²) in [5.41, 5.74) is 1.16. The predicted octanol–water partition coefficient (Wildman–Crippen LogP) is 1.96. The lowest BCUT2D eigenvalue weighted by Gasteiger charge is -2.12. The fraction of sp³-hybridized carbons (Fsp3) is 0.400. The van der Waals surface area contributed by atoms with Crippen LogP contribution in [0.15, 0.2) is 42.0 Å². The molecule has 2 aromatic heterocycles. The molecule has 2 N–H and O–H groups in total. The smallest absolute Gasteiger partial charge is 0.191 e. The van der Waals surface area contributed by atoms with Gasteiger partial charge in [-0.15, -0.1) is 24.0 Å². The highest BCUT2D eigenvalue weighted by Crippen LogP contribution is 2.27. The van der Waals surface area contributed by atoms with Gasteiger partial charge in [0.15, 0.2) is 5.96 Å². The van der Waals surface area contributed by atoms with Crippen molar-refractivity contribution in [1.29, 1.82) is 0 Å². The van der Waals surface area contributed by atoms with E-state index in [1.165, 1.54) is 12.8 Å². The monoisotopic (exact) mass is 412 g/mol. The molecule has 2 heterocycles. The third-order valence-electron chi connectivity index (χ3n) is 3.52. The highest BCUT2D eigenvalue weighted by molar-refractivity contribution is 14.0. The van der Waals surface area contributed by atoms with Crippen LogP contribution in [-0.2, 0) is 6.54 Å². The highest BCUT2D eigenvalue weighted by atomic mass is 127. The molecule has 6 nitrogen and oxygen atoms in total. The Morgan fingerprint density at radius 1 is 1.36 bits per heavy atom. The quantitative estimate of drug-likeness (QED) is 0.448. The molecule has 7 heteroatoms. The van der Waals surface area contributed by atoms with Gasteiger partial charge in [-0.2, -0.15) is 0 Å². The molecule has 0 radical (unpaired) electrons. The zero-order chi connectivity index (χ0) is 14.5. The van der Waals surface area contributed by atoms with Gasteiger partial charge in [0.2, 0.25) is 0 Å². The fourth-order valence-electron chi connectivity index (χ4n) is 2.08. The molecule has 0 bridgehead atoms. The first-order valence-electron chi connectivity index (χ1n) is 7.23. The zero-order valence-electron chi connectivity index (χ0n) is 12.6. The average molecular weight is 412 g/mol. The number of hydrogen-bond donors (Lipinski definition) is 2. The second-order valence-electron chi connectivity index (χ2n) is 5.24. The van der Waals surface area contributed by atoms with Crippen molar-refractivity contribution >= 4 is 29.9 Å². The molecular weight excluding hydrogens is 391 g/mol. The van der Waals surface area contributed by atoms with Crippen LogP contribution in [0.5, 0.6) is 0 Å². The molecule has 0 atom stereocenters. The summed E-state index contributed by atoms with van der Waals surface area (Å²) in [6.45, 7) is 1.73. The minimum absolute atomic E-state index is 0. The van der Waals surface area contributed by atoms with E-state index in [1.807, 2.05) is 29.1 Å². The standard InChI is InChI=1S/C15H20N6.HI/c1-16-15(19-9-12-2-3-12)20-10-13-4-5-18-14(8-13)21-7-6-17-11-21;/h4-8,11-12H,2-3,9-10H2,1H3,(H2,16,19,20);1H. The fourth-order valence-corrected chi connectivity index (χ4v) is 2.08. The summed E-state index contributed by atoms with van der Waals surface area (Å²) in [5, 5.41) is 6.68. The Morgan fingerprint density at radius 2 is 2.23 bits per heavy atom. The van der Waals surface area contributed by atoms with E-state index in [0.717, 1.165) is 29.8 Å². The van der Waals surface area contributed by atoms with E-state index in [2.05, 4.69) is 25.6 Å². The molecule has 1 saturated carbocycles. The number of aromatic nitrogens is 3. The summed E-state index contributed by atoms with van der Waals surface area (Å²) in [6.07, 6.45) is 9.86. The largest absolute Gasteiger partial charge is 0.356 e. The topological polar surface area (TPSA) is 67.1 Å². The van der Waals surface area contributed by atoms with Crippen molar-refractivity contribution in [2.45, 2.75) is 19.4 Å². The summed E-state index contributed by atoms with van der Waals surface area (Å²) in [5.74, 6) is 2.55. The SMILES string of the molecule is CN=C(NCc1ccnc(-n2ccnc2)c1)NCC1CC1.I. The molecule has 1 aliphatic carbocycles. The summed E-state index contributed by atoms with van der Waals surface area (Å²) < 4.78 is 1.89. The normalized spacial score (nSPS) is 14.3. The van der Waals surface area contributed by atoms with Crippen molar-refractivity contribution in [3.63, 3.8) is 0 Å². The summed E-state index contributed by atoms with van der Waals surface area (Å²) in [6, 6.07) is 4.05. The van der Waals surface area contributed by atoms with Gasteiger partial charge in [0.05, 0.1) is 0 Å². The molecule has 3 rings (SSSR count). The van der Waals surface area contributed by atoms with Gasteiger partial charge in [0.25, 0.3) is 0 Å². The maximum absolute atomic E-state index is 4.35. The minimum Gasteiger partial charge on any atom is -0.356 e. The van der Waals surface area contributed by atoms with Crippen molar-refractivity contribution in [2.75, 3.05) is 13.6 Å². The van der Waals surface area contributed by atoms with E-state index in [4.69, 9.17) is 0 Å². The Hall–Kier alpha value is -1.64. The van der Waals surface area contributed by atoms with Gasteiger partial charge < -0.3 is 10.6 Å². The van der Waals surface area contributed by atoms with Crippen LogP contribution in [0.4, 0.5) is 0 Å². The molecule has 1 aliphatic rings. The van der Waals surface area contributed by atoms with E-state index in [-0.39, 0.29) is 24.0 Å². The molecule has 118 valence electrons. The second-order valence-corrected chi connectivity index (χ2v) is 5.24. The molecule has 1 fully saturated rings. The number of imidazole rings is 1. The molecule has 2 aromatic rings. The van der Waals surface area contributed by atoms with E-state index < -0.39 is 0 Å². The third-order valence-corrected chi connectivity index (χ3v) is 3.52. The van der Waals surface area contributed by atoms with Gasteiger partial charge >= 0.3 is 0 Å². The van der Waals surface area contributed by atoms with Gasteiger partial charge in [0.1, 0.15) is 12.1 Å². The van der Waals surface area contributed by atoms with Crippen LogP contribution in [0.2, 0.25) is 0 Å². The van der Waals surface area contributed by atoms with Crippen molar-refractivity contribution in [3.8, 4) is 5.82 Å². The predicted molar refractivity (Wildman–Crippen MR) is 97.7 cm³/mol. The second kappa shape index (κ2) is 8.11. The van der Waals surface area contributed by atoms with Crippen molar-refractivity contribution in [3.05, 3.63) is 42.6 Å². The Labute approximate surface area is 147 Å².